The molecule has 0 radical (unpaired) electrons. The van der Waals surface area contributed by atoms with Crippen molar-refractivity contribution in [1.82, 2.24) is 0 Å². The predicted octanol–water partition coefficient (Wildman–Crippen LogP) is 2.47. The van der Waals surface area contributed by atoms with Gasteiger partial charge < -0.3 is 4.90 Å². The van der Waals surface area contributed by atoms with Crippen LogP contribution in [0.25, 0.3) is 0 Å². The molecule has 1 aliphatic rings. The quantitative estimate of drug-likeness (QED) is 0.607. The van der Waals surface area contributed by atoms with E-state index in [1.165, 1.54) is 0 Å². The fourth-order valence-electron chi connectivity index (χ4n) is 1.74. The molecule has 1 atom stereocenters. The van der Waals surface area contributed by atoms with Crippen LogP contribution < -0.4 is 4.90 Å². The van der Waals surface area contributed by atoms with Gasteiger partial charge in [-0.1, -0.05) is 40.8 Å². The molecule has 0 N–H and O–H groups in total. The lowest BCUT2D eigenvalue weighted by Gasteiger charge is -2.15. The average molecular weight is 301 g/mol. The van der Waals surface area contributed by atoms with Crippen LogP contribution >= 0.6 is 22.6 Å². The van der Waals surface area contributed by atoms with E-state index in [1.807, 2.05) is 35.2 Å². The smallest absolute Gasteiger partial charge is 0.227 e. The molecule has 0 aliphatic carbocycles. The van der Waals surface area contributed by atoms with E-state index >= 15 is 0 Å². The minimum absolute atomic E-state index is 0.262. The first-order valence-corrected chi connectivity index (χ1v) is 6.25. The molecule has 0 aromatic heterocycles. The van der Waals surface area contributed by atoms with Gasteiger partial charge in [0.25, 0.3) is 0 Å². The second kappa shape index (κ2) is 4.29. The minimum Gasteiger partial charge on any atom is -0.312 e. The molecule has 0 saturated carbocycles. The molecular weight excluding hydrogens is 289 g/mol. The predicted molar refractivity (Wildman–Crippen MR) is 65.8 cm³/mol. The number of nitrogens with zero attached hydrogens (tertiary/aromatic N) is 1. The maximum Gasteiger partial charge on any atom is 0.227 e. The Hall–Kier alpha value is -0.580. The highest BCUT2D eigenvalue weighted by Crippen LogP contribution is 2.25. The summed E-state index contributed by atoms with van der Waals surface area (Å²) in [5, 5.41) is 0. The van der Waals surface area contributed by atoms with E-state index in [0.29, 0.717) is 12.3 Å². The lowest BCUT2D eigenvalue weighted by atomic mass is 10.2. The summed E-state index contributed by atoms with van der Waals surface area (Å²) in [5.41, 5.74) is 1.03. The summed E-state index contributed by atoms with van der Waals surface area (Å²) in [5.74, 6) is 0.793. The molecule has 1 amide bonds. The number of anilines is 1. The zero-order chi connectivity index (χ0) is 9.97. The molecule has 1 aromatic rings. The van der Waals surface area contributed by atoms with E-state index in [2.05, 4.69) is 22.6 Å². The van der Waals surface area contributed by atoms with Crippen LogP contribution in [0, 0.1) is 5.92 Å². The van der Waals surface area contributed by atoms with Crippen molar-refractivity contribution in [3.63, 3.8) is 0 Å². The Morgan fingerprint density at radius 1 is 1.36 bits per heavy atom. The average Bonchev–Trinajstić information content (AvgIpc) is 2.61. The van der Waals surface area contributed by atoms with Crippen molar-refractivity contribution in [2.75, 3.05) is 15.9 Å². The van der Waals surface area contributed by atoms with E-state index in [4.69, 9.17) is 0 Å². The molecule has 1 unspecified atom stereocenters. The number of carbonyl (C=O) groups is 1. The van der Waals surface area contributed by atoms with Crippen LogP contribution in [0.1, 0.15) is 6.42 Å². The molecule has 1 heterocycles. The van der Waals surface area contributed by atoms with Gasteiger partial charge in [-0.15, -0.1) is 0 Å². The highest BCUT2D eigenvalue weighted by Gasteiger charge is 2.29. The molecule has 2 rings (SSSR count). The SMILES string of the molecule is O=C1CC(CI)CN1c1ccccc1. The van der Waals surface area contributed by atoms with E-state index in [1.54, 1.807) is 0 Å². The lowest BCUT2D eigenvalue weighted by Crippen LogP contribution is -2.24. The summed E-state index contributed by atoms with van der Waals surface area (Å²) < 4.78 is 1.06. The number of alkyl halides is 1. The fourth-order valence-corrected chi connectivity index (χ4v) is 2.33. The Labute approximate surface area is 97.4 Å². The van der Waals surface area contributed by atoms with Crippen LogP contribution in [0.3, 0.4) is 0 Å². The molecule has 14 heavy (non-hydrogen) atoms. The van der Waals surface area contributed by atoms with Crippen molar-refractivity contribution < 1.29 is 4.79 Å². The number of amides is 1. The third-order valence-corrected chi connectivity index (χ3v) is 3.74. The van der Waals surface area contributed by atoms with E-state index in [9.17, 15) is 4.79 Å². The normalized spacial score (nSPS) is 21.6. The molecule has 2 nitrogen and oxygen atoms in total. The van der Waals surface area contributed by atoms with Gasteiger partial charge in [0, 0.05) is 23.1 Å². The summed E-state index contributed by atoms with van der Waals surface area (Å²) >= 11 is 2.35. The highest BCUT2D eigenvalue weighted by molar-refractivity contribution is 14.1. The van der Waals surface area contributed by atoms with Gasteiger partial charge in [-0.3, -0.25) is 4.79 Å². The molecule has 0 bridgehead atoms. The lowest BCUT2D eigenvalue weighted by molar-refractivity contribution is -0.117. The molecule has 0 spiro atoms. The van der Waals surface area contributed by atoms with E-state index in [-0.39, 0.29) is 5.91 Å². The van der Waals surface area contributed by atoms with E-state index < -0.39 is 0 Å². The second-order valence-corrected chi connectivity index (χ2v) is 4.45. The molecule has 1 saturated heterocycles. The maximum absolute atomic E-state index is 11.7. The standard InChI is InChI=1S/C11H12INO/c12-7-9-6-11(14)13(8-9)10-4-2-1-3-5-10/h1-5,9H,6-8H2. The van der Waals surface area contributed by atoms with Crippen molar-refractivity contribution in [2.24, 2.45) is 5.92 Å². The number of carbonyl (C=O) groups excluding carboxylic acids is 1. The Morgan fingerprint density at radius 3 is 2.64 bits per heavy atom. The summed E-state index contributed by atoms with van der Waals surface area (Å²) in [6, 6.07) is 9.90. The zero-order valence-electron chi connectivity index (χ0n) is 7.82. The largest absolute Gasteiger partial charge is 0.312 e. The third-order valence-electron chi connectivity index (χ3n) is 2.49. The summed E-state index contributed by atoms with van der Waals surface area (Å²) in [4.78, 5) is 13.6. The first-order valence-electron chi connectivity index (χ1n) is 4.72. The van der Waals surface area contributed by atoms with Crippen LogP contribution in [0.2, 0.25) is 0 Å². The van der Waals surface area contributed by atoms with Crippen LogP contribution in [-0.4, -0.2) is 16.9 Å². The number of para-hydroxylation sites is 1. The van der Waals surface area contributed by atoms with Crippen molar-refractivity contribution >= 4 is 34.2 Å². The Morgan fingerprint density at radius 2 is 2.07 bits per heavy atom. The zero-order valence-corrected chi connectivity index (χ0v) is 9.98. The van der Waals surface area contributed by atoms with Gasteiger partial charge in [-0.05, 0) is 18.1 Å². The molecule has 74 valence electrons. The van der Waals surface area contributed by atoms with Crippen LogP contribution in [-0.2, 0) is 4.79 Å². The van der Waals surface area contributed by atoms with Crippen molar-refractivity contribution in [3.8, 4) is 0 Å². The topological polar surface area (TPSA) is 20.3 Å². The summed E-state index contributed by atoms with van der Waals surface area (Å²) in [7, 11) is 0. The fraction of sp³-hybridized carbons (Fsp3) is 0.364. The third kappa shape index (κ3) is 1.92. The number of rotatable bonds is 2. The van der Waals surface area contributed by atoms with Gasteiger partial charge in [-0.25, -0.2) is 0 Å². The monoisotopic (exact) mass is 301 g/mol. The van der Waals surface area contributed by atoms with Crippen molar-refractivity contribution in [3.05, 3.63) is 30.3 Å². The molecule has 1 aliphatic heterocycles. The van der Waals surface area contributed by atoms with Crippen molar-refractivity contribution in [1.29, 1.82) is 0 Å². The van der Waals surface area contributed by atoms with Crippen LogP contribution in [0.15, 0.2) is 30.3 Å². The van der Waals surface area contributed by atoms with Gasteiger partial charge in [0.2, 0.25) is 5.91 Å². The van der Waals surface area contributed by atoms with Gasteiger partial charge in [0.05, 0.1) is 0 Å². The Kier molecular flexibility index (Phi) is 3.05. The van der Waals surface area contributed by atoms with Crippen molar-refractivity contribution in [2.45, 2.75) is 6.42 Å². The van der Waals surface area contributed by atoms with Gasteiger partial charge >= 0.3 is 0 Å². The minimum atomic E-state index is 0.262. The second-order valence-electron chi connectivity index (χ2n) is 3.56. The molecule has 1 fully saturated rings. The molecular formula is C11H12INO. The Bertz CT molecular complexity index is 325. The van der Waals surface area contributed by atoms with Gasteiger partial charge in [0.15, 0.2) is 0 Å². The number of hydrogen-bond donors (Lipinski definition) is 0. The molecule has 3 heteroatoms. The number of benzene rings is 1. The summed E-state index contributed by atoms with van der Waals surface area (Å²) in [6.45, 7) is 0.881. The van der Waals surface area contributed by atoms with Crippen LogP contribution in [0.4, 0.5) is 5.69 Å². The van der Waals surface area contributed by atoms with E-state index in [0.717, 1.165) is 16.7 Å². The first-order chi connectivity index (χ1) is 6.81. The number of hydrogen-bond acceptors (Lipinski definition) is 1. The first kappa shape index (κ1) is 9.96. The molecule has 1 aromatic carbocycles. The maximum atomic E-state index is 11.7. The number of halogens is 1. The highest BCUT2D eigenvalue weighted by atomic mass is 127. The Balaban J connectivity index is 2.17. The van der Waals surface area contributed by atoms with Gasteiger partial charge in [0.1, 0.15) is 0 Å². The van der Waals surface area contributed by atoms with Gasteiger partial charge in [-0.2, -0.15) is 0 Å². The summed E-state index contributed by atoms with van der Waals surface area (Å²) in [6.07, 6.45) is 0.706. The van der Waals surface area contributed by atoms with Crippen LogP contribution in [0.5, 0.6) is 0 Å².